The SMILES string of the molecule is O=C(COC(=O)c1ccc([N+](=O)[O-])cc1)Nc1nc2ccccc2s1. The molecule has 0 atom stereocenters. The van der Waals surface area contributed by atoms with E-state index in [9.17, 15) is 19.7 Å². The third kappa shape index (κ3) is 3.96. The average molecular weight is 357 g/mol. The molecule has 1 aromatic heterocycles. The minimum Gasteiger partial charge on any atom is -0.452 e. The van der Waals surface area contributed by atoms with E-state index in [1.165, 1.54) is 35.6 Å². The molecule has 0 unspecified atom stereocenters. The maximum atomic E-state index is 11.9. The quantitative estimate of drug-likeness (QED) is 0.427. The Hall–Kier alpha value is -3.33. The van der Waals surface area contributed by atoms with Gasteiger partial charge in [-0.3, -0.25) is 20.2 Å². The fourth-order valence-electron chi connectivity index (χ4n) is 2.01. The molecule has 0 radical (unpaired) electrons. The van der Waals surface area contributed by atoms with E-state index in [1.54, 1.807) is 0 Å². The van der Waals surface area contributed by atoms with Crippen molar-refractivity contribution in [1.29, 1.82) is 0 Å². The number of anilines is 1. The number of nitrogens with zero attached hydrogens (tertiary/aromatic N) is 2. The Bertz CT molecular complexity index is 919. The zero-order chi connectivity index (χ0) is 17.8. The number of carbonyl (C=O) groups excluding carboxylic acids is 2. The lowest BCUT2D eigenvalue weighted by Gasteiger charge is -2.04. The van der Waals surface area contributed by atoms with Crippen molar-refractivity contribution < 1.29 is 19.2 Å². The summed E-state index contributed by atoms with van der Waals surface area (Å²) in [5.74, 6) is -1.26. The number of ether oxygens (including phenoxy) is 1. The highest BCUT2D eigenvalue weighted by Gasteiger charge is 2.13. The lowest BCUT2D eigenvalue weighted by Crippen LogP contribution is -2.20. The lowest BCUT2D eigenvalue weighted by molar-refractivity contribution is -0.384. The van der Waals surface area contributed by atoms with Crippen molar-refractivity contribution >= 4 is 44.2 Å². The molecule has 0 aliphatic rings. The van der Waals surface area contributed by atoms with Crippen LogP contribution in [0, 0.1) is 10.1 Å². The van der Waals surface area contributed by atoms with E-state index < -0.39 is 23.4 Å². The highest BCUT2D eigenvalue weighted by atomic mass is 32.1. The van der Waals surface area contributed by atoms with E-state index in [4.69, 9.17) is 4.74 Å². The van der Waals surface area contributed by atoms with Crippen LogP contribution in [-0.4, -0.2) is 28.4 Å². The first-order chi connectivity index (χ1) is 12.0. The second-order valence-electron chi connectivity index (χ2n) is 4.92. The molecule has 0 aliphatic carbocycles. The number of amides is 1. The molecule has 9 heteroatoms. The minimum atomic E-state index is -0.741. The molecule has 8 nitrogen and oxygen atoms in total. The Morgan fingerprint density at radius 2 is 1.88 bits per heavy atom. The molecule has 0 fully saturated rings. The molecule has 3 rings (SSSR count). The number of hydrogen-bond acceptors (Lipinski definition) is 7. The van der Waals surface area contributed by atoms with Crippen LogP contribution in [0.15, 0.2) is 48.5 Å². The summed E-state index contributed by atoms with van der Waals surface area (Å²) in [4.78, 5) is 37.9. The fraction of sp³-hybridized carbons (Fsp3) is 0.0625. The van der Waals surface area contributed by atoms with Gasteiger partial charge < -0.3 is 4.74 Å². The van der Waals surface area contributed by atoms with Gasteiger partial charge in [-0.2, -0.15) is 0 Å². The maximum Gasteiger partial charge on any atom is 0.338 e. The number of hydrogen-bond donors (Lipinski definition) is 1. The van der Waals surface area contributed by atoms with Gasteiger partial charge in [0, 0.05) is 12.1 Å². The van der Waals surface area contributed by atoms with E-state index in [-0.39, 0.29) is 11.3 Å². The zero-order valence-corrected chi connectivity index (χ0v) is 13.5. The second-order valence-corrected chi connectivity index (χ2v) is 5.95. The first-order valence-corrected chi connectivity index (χ1v) is 7.91. The molecule has 0 saturated carbocycles. The van der Waals surface area contributed by atoms with Gasteiger partial charge in [-0.05, 0) is 24.3 Å². The molecule has 25 heavy (non-hydrogen) atoms. The number of nitro benzene ring substituents is 1. The van der Waals surface area contributed by atoms with Crippen molar-refractivity contribution in [2.75, 3.05) is 11.9 Å². The topological polar surface area (TPSA) is 111 Å². The molecule has 126 valence electrons. The smallest absolute Gasteiger partial charge is 0.338 e. The summed E-state index contributed by atoms with van der Waals surface area (Å²) in [5, 5.41) is 13.5. The number of benzene rings is 2. The van der Waals surface area contributed by atoms with E-state index in [2.05, 4.69) is 10.3 Å². The Balaban J connectivity index is 1.56. The summed E-state index contributed by atoms with van der Waals surface area (Å²) in [6.07, 6.45) is 0. The fourth-order valence-corrected chi connectivity index (χ4v) is 2.90. The van der Waals surface area contributed by atoms with Gasteiger partial charge in [0.25, 0.3) is 11.6 Å². The van der Waals surface area contributed by atoms with Gasteiger partial charge in [-0.25, -0.2) is 9.78 Å². The van der Waals surface area contributed by atoms with Crippen LogP contribution in [-0.2, 0) is 9.53 Å². The standard InChI is InChI=1S/C16H11N3O5S/c20-14(18-16-17-12-3-1-2-4-13(12)25-16)9-24-15(21)10-5-7-11(8-6-10)19(22)23/h1-8H,9H2,(H,17,18,20). The Morgan fingerprint density at radius 1 is 1.16 bits per heavy atom. The number of nitro groups is 1. The van der Waals surface area contributed by atoms with Crippen molar-refractivity contribution in [3.8, 4) is 0 Å². The Kier molecular flexibility index (Phi) is 4.66. The number of non-ortho nitro benzene ring substituents is 1. The Labute approximate surface area is 145 Å². The molecular weight excluding hydrogens is 346 g/mol. The van der Waals surface area contributed by atoms with Crippen molar-refractivity contribution in [2.45, 2.75) is 0 Å². The number of fused-ring (bicyclic) bond motifs is 1. The van der Waals surface area contributed by atoms with Gasteiger partial charge in [-0.15, -0.1) is 0 Å². The van der Waals surface area contributed by atoms with E-state index >= 15 is 0 Å². The monoisotopic (exact) mass is 357 g/mol. The lowest BCUT2D eigenvalue weighted by atomic mass is 10.2. The van der Waals surface area contributed by atoms with Crippen LogP contribution in [0.4, 0.5) is 10.8 Å². The minimum absolute atomic E-state index is 0.124. The third-order valence-electron chi connectivity index (χ3n) is 3.19. The summed E-state index contributed by atoms with van der Waals surface area (Å²) in [6, 6.07) is 12.4. The Morgan fingerprint density at radius 3 is 2.56 bits per heavy atom. The number of esters is 1. The summed E-state index contributed by atoms with van der Waals surface area (Å²) < 4.78 is 5.82. The molecule has 1 amide bonds. The zero-order valence-electron chi connectivity index (χ0n) is 12.7. The van der Waals surface area contributed by atoms with Crippen LogP contribution >= 0.6 is 11.3 Å². The summed E-state index contributed by atoms with van der Waals surface area (Å²) in [6.45, 7) is -0.480. The van der Waals surface area contributed by atoms with Gasteiger partial charge in [-0.1, -0.05) is 23.5 Å². The highest BCUT2D eigenvalue weighted by molar-refractivity contribution is 7.22. The van der Waals surface area contributed by atoms with Crippen molar-refractivity contribution in [3.63, 3.8) is 0 Å². The summed E-state index contributed by atoms with van der Waals surface area (Å²) >= 11 is 1.31. The number of nitrogens with one attached hydrogen (secondary N) is 1. The predicted octanol–water partition coefficient (Wildman–Crippen LogP) is 3.00. The maximum absolute atomic E-state index is 11.9. The van der Waals surface area contributed by atoms with E-state index in [0.29, 0.717) is 5.13 Å². The van der Waals surface area contributed by atoms with Gasteiger partial charge in [0.2, 0.25) is 0 Å². The summed E-state index contributed by atoms with van der Waals surface area (Å²) in [5.41, 5.74) is 0.759. The van der Waals surface area contributed by atoms with Crippen LogP contribution in [0.5, 0.6) is 0 Å². The van der Waals surface area contributed by atoms with Crippen LogP contribution < -0.4 is 5.32 Å². The first-order valence-electron chi connectivity index (χ1n) is 7.10. The predicted molar refractivity (Wildman–Crippen MR) is 91.6 cm³/mol. The van der Waals surface area contributed by atoms with Crippen LogP contribution in [0.1, 0.15) is 10.4 Å². The van der Waals surface area contributed by atoms with Gasteiger partial charge in [0.1, 0.15) is 0 Å². The van der Waals surface area contributed by atoms with Gasteiger partial charge >= 0.3 is 5.97 Å². The number of rotatable bonds is 5. The van der Waals surface area contributed by atoms with Crippen LogP contribution in [0.25, 0.3) is 10.2 Å². The molecule has 1 N–H and O–H groups in total. The van der Waals surface area contributed by atoms with Gasteiger partial charge in [0.15, 0.2) is 11.7 Å². The summed E-state index contributed by atoms with van der Waals surface area (Å²) in [7, 11) is 0. The molecule has 3 aromatic rings. The molecular formula is C16H11N3O5S. The number of para-hydroxylation sites is 1. The largest absolute Gasteiger partial charge is 0.452 e. The highest BCUT2D eigenvalue weighted by Crippen LogP contribution is 2.25. The molecule has 1 heterocycles. The van der Waals surface area contributed by atoms with Crippen LogP contribution in [0.2, 0.25) is 0 Å². The number of aromatic nitrogens is 1. The van der Waals surface area contributed by atoms with Crippen molar-refractivity contribution in [3.05, 3.63) is 64.2 Å². The number of carbonyl (C=O) groups is 2. The molecule has 0 saturated heterocycles. The van der Waals surface area contributed by atoms with Gasteiger partial charge in [0.05, 0.1) is 20.7 Å². The average Bonchev–Trinajstić information content (AvgIpc) is 3.01. The second kappa shape index (κ2) is 7.05. The van der Waals surface area contributed by atoms with E-state index in [0.717, 1.165) is 10.2 Å². The van der Waals surface area contributed by atoms with Crippen molar-refractivity contribution in [1.82, 2.24) is 4.98 Å². The molecule has 0 bridgehead atoms. The molecule has 0 spiro atoms. The third-order valence-corrected chi connectivity index (χ3v) is 4.14. The molecule has 2 aromatic carbocycles. The molecule has 0 aliphatic heterocycles. The van der Waals surface area contributed by atoms with Crippen molar-refractivity contribution in [2.24, 2.45) is 0 Å². The van der Waals surface area contributed by atoms with E-state index in [1.807, 2.05) is 24.3 Å². The normalized spacial score (nSPS) is 10.4. The number of thiazole rings is 1. The van der Waals surface area contributed by atoms with Crippen LogP contribution in [0.3, 0.4) is 0 Å². The first kappa shape index (κ1) is 16.5.